The van der Waals surface area contributed by atoms with Crippen molar-refractivity contribution in [1.82, 2.24) is 14.5 Å². The minimum absolute atomic E-state index is 0.0591. The molecule has 12 heteroatoms. The molecule has 1 atom stereocenters. The molecule has 0 radical (unpaired) electrons. The highest BCUT2D eigenvalue weighted by molar-refractivity contribution is 7.90. The zero-order valence-corrected chi connectivity index (χ0v) is 23.0. The highest BCUT2D eigenvalue weighted by atomic mass is 35.5. The first-order chi connectivity index (χ1) is 16.9. The molecule has 0 bridgehead atoms. The molecule has 0 aliphatic rings. The monoisotopic (exact) mass is 560 g/mol. The van der Waals surface area contributed by atoms with E-state index in [1.54, 1.807) is 19.1 Å². The third kappa shape index (κ3) is 7.80. The lowest BCUT2D eigenvalue weighted by molar-refractivity contribution is -0.139. The van der Waals surface area contributed by atoms with E-state index in [1.807, 2.05) is 6.92 Å². The van der Waals surface area contributed by atoms with E-state index in [0.29, 0.717) is 22.2 Å². The van der Waals surface area contributed by atoms with E-state index in [9.17, 15) is 22.4 Å². The topological polar surface area (TPSA) is 90.0 Å². The van der Waals surface area contributed by atoms with Crippen LogP contribution in [-0.4, -0.2) is 62.7 Å². The Morgan fingerprint density at radius 3 is 2.28 bits per heavy atom. The van der Waals surface area contributed by atoms with Gasteiger partial charge < -0.3 is 10.2 Å². The minimum atomic E-state index is -4.13. The number of nitrogens with one attached hydrogen (secondary N) is 1. The van der Waals surface area contributed by atoms with Crippen LogP contribution in [-0.2, 0) is 26.3 Å². The van der Waals surface area contributed by atoms with Crippen LogP contribution in [0.2, 0.25) is 10.0 Å². The second-order valence-electron chi connectivity index (χ2n) is 8.35. The predicted molar refractivity (Wildman–Crippen MR) is 141 cm³/mol. The van der Waals surface area contributed by atoms with Crippen molar-refractivity contribution < 1.29 is 22.4 Å². The molecule has 0 fully saturated rings. The fraction of sp³-hybridized carbons (Fsp3) is 0.417. The Morgan fingerprint density at radius 1 is 1.08 bits per heavy atom. The Hall–Kier alpha value is -2.40. The van der Waals surface area contributed by atoms with E-state index in [0.717, 1.165) is 33.6 Å². The van der Waals surface area contributed by atoms with Crippen molar-refractivity contribution in [3.8, 4) is 0 Å². The van der Waals surface area contributed by atoms with Gasteiger partial charge in [-0.2, -0.15) is 12.7 Å². The van der Waals surface area contributed by atoms with E-state index < -0.39 is 34.5 Å². The number of amides is 2. The summed E-state index contributed by atoms with van der Waals surface area (Å²) in [7, 11) is -1.48. The van der Waals surface area contributed by atoms with Crippen molar-refractivity contribution in [2.24, 2.45) is 0 Å². The van der Waals surface area contributed by atoms with Crippen LogP contribution in [0.3, 0.4) is 0 Å². The second-order valence-corrected chi connectivity index (χ2v) is 11.3. The fourth-order valence-electron chi connectivity index (χ4n) is 3.28. The molecule has 0 aliphatic heterocycles. The van der Waals surface area contributed by atoms with Crippen LogP contribution in [0, 0.1) is 5.82 Å². The molecule has 0 spiro atoms. The van der Waals surface area contributed by atoms with Gasteiger partial charge in [0.05, 0.1) is 5.69 Å². The fourth-order valence-corrected chi connectivity index (χ4v) is 4.80. The summed E-state index contributed by atoms with van der Waals surface area (Å²) in [6, 6.07) is 8.59. The number of halogens is 3. The van der Waals surface area contributed by atoms with Gasteiger partial charge in [0, 0.05) is 37.2 Å². The van der Waals surface area contributed by atoms with Crippen LogP contribution in [0.25, 0.3) is 0 Å². The van der Waals surface area contributed by atoms with E-state index in [-0.39, 0.29) is 18.1 Å². The van der Waals surface area contributed by atoms with Crippen molar-refractivity contribution in [1.29, 1.82) is 0 Å². The summed E-state index contributed by atoms with van der Waals surface area (Å²) >= 11 is 12.3. The molecule has 0 saturated carbocycles. The number of carbonyl (C=O) groups excluding carboxylic acids is 2. The standard InChI is InChI=1S/C24H31Cl2FN4O4S/c1-5-6-13-28-24(33)17(2)30(15-18-7-8-19(25)14-22(18)26)23(32)16-31(36(34,35)29(3)4)21-11-9-20(27)10-12-21/h7-12,14,17H,5-6,13,15-16H2,1-4H3,(H,28,33)/t17-/m0/s1. The second kappa shape index (κ2) is 13.2. The van der Waals surface area contributed by atoms with Crippen molar-refractivity contribution >= 4 is 50.9 Å². The number of rotatable bonds is 12. The summed E-state index contributed by atoms with van der Waals surface area (Å²) in [6.07, 6.45) is 1.65. The first-order valence-electron chi connectivity index (χ1n) is 11.3. The minimum Gasteiger partial charge on any atom is -0.354 e. The van der Waals surface area contributed by atoms with E-state index >= 15 is 0 Å². The van der Waals surface area contributed by atoms with Crippen LogP contribution in [0.4, 0.5) is 10.1 Å². The average molecular weight is 562 g/mol. The highest BCUT2D eigenvalue weighted by Gasteiger charge is 2.32. The van der Waals surface area contributed by atoms with Gasteiger partial charge in [-0.1, -0.05) is 42.6 Å². The lowest BCUT2D eigenvalue weighted by Crippen LogP contribution is -2.52. The number of hydrogen-bond acceptors (Lipinski definition) is 4. The molecule has 198 valence electrons. The molecule has 36 heavy (non-hydrogen) atoms. The van der Waals surface area contributed by atoms with Crippen LogP contribution < -0.4 is 9.62 Å². The van der Waals surface area contributed by atoms with Gasteiger partial charge in [-0.15, -0.1) is 0 Å². The van der Waals surface area contributed by atoms with Gasteiger partial charge in [-0.25, -0.2) is 8.70 Å². The van der Waals surface area contributed by atoms with Gasteiger partial charge in [0.25, 0.3) is 0 Å². The molecule has 0 saturated heterocycles. The van der Waals surface area contributed by atoms with Gasteiger partial charge in [-0.05, 0) is 55.3 Å². The molecule has 0 aliphatic carbocycles. The number of anilines is 1. The zero-order valence-electron chi connectivity index (χ0n) is 20.7. The molecule has 0 unspecified atom stereocenters. The number of carbonyl (C=O) groups is 2. The maximum absolute atomic E-state index is 13.6. The summed E-state index contributed by atoms with van der Waals surface area (Å²) in [4.78, 5) is 27.7. The zero-order chi connectivity index (χ0) is 27.0. The van der Waals surface area contributed by atoms with Crippen molar-refractivity contribution in [3.63, 3.8) is 0 Å². The van der Waals surface area contributed by atoms with Crippen LogP contribution in [0.15, 0.2) is 42.5 Å². The number of benzene rings is 2. The Morgan fingerprint density at radius 2 is 1.72 bits per heavy atom. The van der Waals surface area contributed by atoms with Gasteiger partial charge in [0.15, 0.2) is 0 Å². The molecule has 2 amide bonds. The van der Waals surface area contributed by atoms with Gasteiger partial charge in [0.2, 0.25) is 11.8 Å². The van der Waals surface area contributed by atoms with E-state index in [1.165, 1.54) is 37.2 Å². The number of hydrogen-bond donors (Lipinski definition) is 1. The Balaban J connectivity index is 2.44. The number of nitrogens with zero attached hydrogens (tertiary/aromatic N) is 3. The van der Waals surface area contributed by atoms with Crippen LogP contribution in [0.1, 0.15) is 32.3 Å². The van der Waals surface area contributed by atoms with Gasteiger partial charge in [-0.3, -0.25) is 9.59 Å². The van der Waals surface area contributed by atoms with Crippen LogP contribution in [0.5, 0.6) is 0 Å². The van der Waals surface area contributed by atoms with Gasteiger partial charge in [0.1, 0.15) is 18.4 Å². The molecule has 2 rings (SSSR count). The maximum Gasteiger partial charge on any atom is 0.304 e. The molecule has 0 heterocycles. The molecule has 1 N–H and O–H groups in total. The quantitative estimate of drug-likeness (QED) is 0.396. The predicted octanol–water partition coefficient (Wildman–Crippen LogP) is 4.08. The number of unbranched alkanes of at least 4 members (excludes halogenated alkanes) is 1. The summed E-state index contributed by atoms with van der Waals surface area (Å²) in [5.74, 6) is -1.58. The Bertz CT molecular complexity index is 1160. The average Bonchev–Trinajstić information content (AvgIpc) is 2.82. The molecule has 0 aromatic heterocycles. The maximum atomic E-state index is 13.6. The third-order valence-electron chi connectivity index (χ3n) is 5.49. The molecule has 2 aromatic rings. The Labute approximate surface area is 222 Å². The lowest BCUT2D eigenvalue weighted by atomic mass is 10.1. The third-order valence-corrected chi connectivity index (χ3v) is 7.89. The van der Waals surface area contributed by atoms with Gasteiger partial charge >= 0.3 is 10.2 Å². The van der Waals surface area contributed by atoms with E-state index in [4.69, 9.17) is 23.2 Å². The normalized spacial score (nSPS) is 12.3. The molecule has 2 aromatic carbocycles. The molecule has 8 nitrogen and oxygen atoms in total. The Kier molecular flexibility index (Phi) is 11.0. The van der Waals surface area contributed by atoms with Crippen LogP contribution >= 0.6 is 23.2 Å². The summed E-state index contributed by atoms with van der Waals surface area (Å²) in [5, 5.41) is 3.51. The first kappa shape index (κ1) is 29.8. The largest absolute Gasteiger partial charge is 0.354 e. The summed E-state index contributed by atoms with van der Waals surface area (Å²) in [5.41, 5.74) is 0.634. The van der Waals surface area contributed by atoms with Crippen molar-refractivity contribution in [2.75, 3.05) is 31.5 Å². The van der Waals surface area contributed by atoms with E-state index in [2.05, 4.69) is 5.32 Å². The first-order valence-corrected chi connectivity index (χ1v) is 13.5. The smallest absolute Gasteiger partial charge is 0.304 e. The van der Waals surface area contributed by atoms with Crippen molar-refractivity contribution in [2.45, 2.75) is 39.3 Å². The SMILES string of the molecule is CCCCNC(=O)[C@H](C)N(Cc1ccc(Cl)cc1Cl)C(=O)CN(c1ccc(F)cc1)S(=O)(=O)N(C)C. The lowest BCUT2D eigenvalue weighted by Gasteiger charge is -2.33. The summed E-state index contributed by atoms with van der Waals surface area (Å²) < 4.78 is 41.5. The highest BCUT2D eigenvalue weighted by Crippen LogP contribution is 2.25. The summed E-state index contributed by atoms with van der Waals surface area (Å²) in [6.45, 7) is 3.31. The molecular weight excluding hydrogens is 530 g/mol. The molecular formula is C24H31Cl2FN4O4S. The van der Waals surface area contributed by atoms with Crippen molar-refractivity contribution in [3.05, 3.63) is 63.9 Å².